The minimum absolute atomic E-state index is 0.0130. The minimum Gasteiger partial charge on any atom is -0.393 e. The summed E-state index contributed by atoms with van der Waals surface area (Å²) in [6, 6.07) is 8.50. The third kappa shape index (κ3) is 2.53. The number of primary amides is 1. The van der Waals surface area contributed by atoms with Gasteiger partial charge in [-0.05, 0) is 43.6 Å². The Morgan fingerprint density at radius 1 is 1.29 bits per heavy atom. The molecule has 2 unspecified atom stereocenters. The van der Waals surface area contributed by atoms with Crippen molar-refractivity contribution in [2.45, 2.75) is 44.2 Å². The Morgan fingerprint density at radius 2 is 2.04 bits per heavy atom. The van der Waals surface area contributed by atoms with Crippen molar-refractivity contribution in [1.29, 1.82) is 0 Å². The largest absolute Gasteiger partial charge is 0.393 e. The Bertz CT molecular complexity index is 747. The lowest BCUT2D eigenvalue weighted by Gasteiger charge is -2.31. The Labute approximate surface area is 141 Å². The molecule has 2 aliphatic rings. The molecule has 24 heavy (non-hydrogen) atoms. The highest BCUT2D eigenvalue weighted by Crippen LogP contribution is 2.43. The summed E-state index contributed by atoms with van der Waals surface area (Å²) in [6.07, 6.45) is 7.42. The highest BCUT2D eigenvalue weighted by molar-refractivity contribution is 5.76. The van der Waals surface area contributed by atoms with Gasteiger partial charge < -0.3 is 15.4 Å². The second-order valence-electron chi connectivity index (χ2n) is 7.11. The fourth-order valence-electron chi connectivity index (χ4n) is 4.38. The first kappa shape index (κ1) is 15.4. The summed E-state index contributed by atoms with van der Waals surface area (Å²) in [5.41, 5.74) is 9.00. The zero-order valence-corrected chi connectivity index (χ0v) is 13.6. The number of nitrogens with zero attached hydrogens (tertiary/aromatic N) is 2. The van der Waals surface area contributed by atoms with Gasteiger partial charge in [0, 0.05) is 11.5 Å². The van der Waals surface area contributed by atoms with Gasteiger partial charge in [0.05, 0.1) is 30.4 Å². The number of aliphatic hydroxyl groups is 1. The first-order valence-corrected chi connectivity index (χ1v) is 8.73. The van der Waals surface area contributed by atoms with Crippen LogP contribution in [-0.4, -0.2) is 26.7 Å². The summed E-state index contributed by atoms with van der Waals surface area (Å²) < 4.78 is 2.17. The molecule has 1 saturated carbocycles. The van der Waals surface area contributed by atoms with E-state index in [1.165, 1.54) is 11.1 Å². The van der Waals surface area contributed by atoms with Gasteiger partial charge in [0.25, 0.3) is 0 Å². The number of carbonyl (C=O) groups is 1. The molecule has 2 aromatic rings. The van der Waals surface area contributed by atoms with Gasteiger partial charge in [0.15, 0.2) is 0 Å². The molecule has 1 amide bonds. The lowest BCUT2D eigenvalue weighted by Crippen LogP contribution is -2.32. The number of hydrogen-bond acceptors (Lipinski definition) is 3. The van der Waals surface area contributed by atoms with Gasteiger partial charge in [0.1, 0.15) is 0 Å². The van der Waals surface area contributed by atoms with Crippen molar-refractivity contribution in [3.05, 3.63) is 42.4 Å². The summed E-state index contributed by atoms with van der Waals surface area (Å²) >= 11 is 0. The van der Waals surface area contributed by atoms with Crippen molar-refractivity contribution in [3.8, 4) is 11.3 Å². The quantitative estimate of drug-likeness (QED) is 0.906. The van der Waals surface area contributed by atoms with E-state index in [9.17, 15) is 9.90 Å². The smallest absolute Gasteiger partial charge is 0.220 e. The third-order valence-electron chi connectivity index (χ3n) is 5.78. The number of hydrogen-bond donors (Lipinski definition) is 2. The number of benzene rings is 1. The highest BCUT2D eigenvalue weighted by atomic mass is 16.3. The second-order valence-corrected chi connectivity index (χ2v) is 7.11. The van der Waals surface area contributed by atoms with Crippen LogP contribution in [-0.2, 0) is 4.79 Å². The Balaban J connectivity index is 1.49. The van der Waals surface area contributed by atoms with E-state index >= 15 is 0 Å². The van der Waals surface area contributed by atoms with Gasteiger partial charge in [-0.15, -0.1) is 0 Å². The van der Waals surface area contributed by atoms with E-state index in [-0.39, 0.29) is 29.9 Å². The van der Waals surface area contributed by atoms with Crippen molar-refractivity contribution >= 4 is 5.91 Å². The lowest BCUT2D eigenvalue weighted by molar-refractivity contribution is -0.123. The van der Waals surface area contributed by atoms with E-state index in [1.807, 2.05) is 18.6 Å². The molecule has 0 bridgehead atoms. The number of rotatable bonds is 4. The van der Waals surface area contributed by atoms with Gasteiger partial charge in [-0.25, -0.2) is 4.98 Å². The summed E-state index contributed by atoms with van der Waals surface area (Å²) in [4.78, 5) is 15.6. The Hall–Kier alpha value is -2.14. The highest BCUT2D eigenvalue weighted by Gasteiger charge is 2.34. The number of imidazole rings is 1. The van der Waals surface area contributed by atoms with E-state index < -0.39 is 0 Å². The molecule has 5 heteroatoms. The van der Waals surface area contributed by atoms with E-state index in [4.69, 9.17) is 5.73 Å². The second kappa shape index (κ2) is 6.06. The number of nitrogens with two attached hydrogens (primary N) is 1. The average Bonchev–Trinajstić information content (AvgIpc) is 3.18. The van der Waals surface area contributed by atoms with Crippen molar-refractivity contribution in [2.75, 3.05) is 0 Å². The number of fused-ring (bicyclic) bond motifs is 3. The van der Waals surface area contributed by atoms with Gasteiger partial charge in [-0.3, -0.25) is 4.79 Å². The molecule has 1 fully saturated rings. The average molecular weight is 325 g/mol. The molecule has 126 valence electrons. The SMILES string of the molecule is NC(=O)C1CCC(C(O)CC2c3ccccc3-c3cncn32)CC1. The standard InChI is InChI=1S/C19H23N3O2/c20-19(24)13-7-5-12(6-8-13)18(23)9-16-14-3-1-2-4-15(14)17-10-21-11-22(16)17/h1-4,10-13,16,18,23H,5-9H2,(H2,20,24). The number of aliphatic hydroxyl groups excluding tert-OH is 1. The zero-order valence-electron chi connectivity index (χ0n) is 13.6. The Kier molecular flexibility index (Phi) is 3.88. The monoisotopic (exact) mass is 325 g/mol. The van der Waals surface area contributed by atoms with Crippen LogP contribution in [0.15, 0.2) is 36.8 Å². The molecule has 0 radical (unpaired) electrons. The van der Waals surface area contributed by atoms with Crippen LogP contribution < -0.4 is 5.73 Å². The topological polar surface area (TPSA) is 81.1 Å². The first-order valence-electron chi connectivity index (χ1n) is 8.73. The van der Waals surface area contributed by atoms with Crippen LogP contribution in [0.2, 0.25) is 0 Å². The molecular formula is C19H23N3O2. The minimum atomic E-state index is -0.370. The molecule has 2 heterocycles. The van der Waals surface area contributed by atoms with E-state index in [1.54, 1.807) is 0 Å². The molecule has 0 saturated heterocycles. The number of carbonyl (C=O) groups excluding carboxylic acids is 1. The molecule has 1 aliphatic carbocycles. The van der Waals surface area contributed by atoms with E-state index in [0.717, 1.165) is 31.4 Å². The number of amides is 1. The summed E-state index contributed by atoms with van der Waals surface area (Å²) in [5.74, 6) is 0.0389. The fourth-order valence-corrected chi connectivity index (χ4v) is 4.38. The van der Waals surface area contributed by atoms with Gasteiger partial charge in [-0.2, -0.15) is 0 Å². The summed E-state index contributed by atoms with van der Waals surface area (Å²) in [6.45, 7) is 0. The molecule has 0 spiro atoms. The van der Waals surface area contributed by atoms with E-state index in [0.29, 0.717) is 6.42 Å². The molecular weight excluding hydrogens is 302 g/mol. The molecule has 4 rings (SSSR count). The van der Waals surface area contributed by atoms with Gasteiger partial charge >= 0.3 is 0 Å². The van der Waals surface area contributed by atoms with E-state index in [2.05, 4.69) is 27.8 Å². The van der Waals surface area contributed by atoms with Crippen LogP contribution in [0.4, 0.5) is 0 Å². The van der Waals surface area contributed by atoms with Crippen molar-refractivity contribution in [2.24, 2.45) is 17.6 Å². The van der Waals surface area contributed by atoms with Crippen LogP contribution in [0.5, 0.6) is 0 Å². The Morgan fingerprint density at radius 3 is 2.79 bits per heavy atom. The normalized spacial score (nSPS) is 26.6. The molecule has 5 nitrogen and oxygen atoms in total. The van der Waals surface area contributed by atoms with Crippen molar-refractivity contribution in [3.63, 3.8) is 0 Å². The first-order chi connectivity index (χ1) is 11.6. The van der Waals surface area contributed by atoms with Crippen molar-refractivity contribution in [1.82, 2.24) is 9.55 Å². The van der Waals surface area contributed by atoms with Crippen LogP contribution in [0.3, 0.4) is 0 Å². The number of aromatic nitrogens is 2. The zero-order chi connectivity index (χ0) is 16.7. The summed E-state index contributed by atoms with van der Waals surface area (Å²) in [5, 5.41) is 10.8. The van der Waals surface area contributed by atoms with Gasteiger partial charge in [-0.1, -0.05) is 24.3 Å². The molecule has 1 aromatic carbocycles. The maximum atomic E-state index is 11.3. The van der Waals surface area contributed by atoms with Crippen LogP contribution in [0.25, 0.3) is 11.3 Å². The fraction of sp³-hybridized carbons (Fsp3) is 0.474. The molecule has 1 aliphatic heterocycles. The summed E-state index contributed by atoms with van der Waals surface area (Å²) in [7, 11) is 0. The predicted octanol–water partition coefficient (Wildman–Crippen LogP) is 2.50. The van der Waals surface area contributed by atoms with Crippen LogP contribution in [0, 0.1) is 11.8 Å². The molecule has 2 atom stereocenters. The van der Waals surface area contributed by atoms with Crippen molar-refractivity contribution < 1.29 is 9.90 Å². The maximum absolute atomic E-state index is 11.3. The maximum Gasteiger partial charge on any atom is 0.220 e. The third-order valence-corrected chi connectivity index (χ3v) is 5.78. The molecule has 1 aromatic heterocycles. The predicted molar refractivity (Wildman–Crippen MR) is 91.1 cm³/mol. The molecule has 3 N–H and O–H groups in total. The van der Waals surface area contributed by atoms with Crippen LogP contribution in [0.1, 0.15) is 43.7 Å². The van der Waals surface area contributed by atoms with Crippen LogP contribution >= 0.6 is 0 Å². The lowest BCUT2D eigenvalue weighted by atomic mass is 9.77. The van der Waals surface area contributed by atoms with Gasteiger partial charge in [0.2, 0.25) is 5.91 Å².